The summed E-state index contributed by atoms with van der Waals surface area (Å²) in [7, 11) is 0. The maximum Gasteiger partial charge on any atom is 0.298 e. The second-order valence-electron chi connectivity index (χ2n) is 7.03. The van der Waals surface area contributed by atoms with Crippen molar-refractivity contribution < 1.29 is 9.21 Å². The second-order valence-corrected chi connectivity index (χ2v) is 7.03. The molecule has 1 fully saturated rings. The standard InChI is InChI=1S/C21H24N4O2/c1-15-6-8-19-18(14-15)23-21(27-19)25-12-10-24(11-13-25)20(26)9-7-16-4-2-3-5-17(16)22/h2-6,8,14H,7,9-13,22H2,1H3. The zero-order valence-electron chi connectivity index (χ0n) is 15.5. The van der Waals surface area contributed by atoms with E-state index in [4.69, 9.17) is 10.2 Å². The molecule has 0 spiro atoms. The molecule has 6 nitrogen and oxygen atoms in total. The van der Waals surface area contributed by atoms with Crippen molar-refractivity contribution in [3.8, 4) is 0 Å². The molecule has 2 aromatic carbocycles. The molecule has 0 aliphatic carbocycles. The van der Waals surface area contributed by atoms with Crippen molar-refractivity contribution >= 4 is 28.7 Å². The van der Waals surface area contributed by atoms with Crippen LogP contribution in [0, 0.1) is 6.92 Å². The van der Waals surface area contributed by atoms with Gasteiger partial charge in [0.1, 0.15) is 5.52 Å². The van der Waals surface area contributed by atoms with Crippen molar-refractivity contribution in [2.75, 3.05) is 36.8 Å². The predicted octanol–water partition coefficient (Wildman–Crippen LogP) is 3.00. The van der Waals surface area contributed by atoms with Crippen LogP contribution in [0.15, 0.2) is 46.9 Å². The summed E-state index contributed by atoms with van der Waals surface area (Å²) in [6, 6.07) is 14.4. The maximum absolute atomic E-state index is 12.5. The number of nitrogens with zero attached hydrogens (tertiary/aromatic N) is 3. The van der Waals surface area contributed by atoms with Crippen LogP contribution in [0.1, 0.15) is 17.5 Å². The highest BCUT2D eigenvalue weighted by atomic mass is 16.4. The number of aromatic nitrogens is 1. The molecule has 4 rings (SSSR count). The number of nitrogen functional groups attached to an aromatic ring is 1. The molecule has 2 heterocycles. The summed E-state index contributed by atoms with van der Waals surface area (Å²) >= 11 is 0. The fourth-order valence-electron chi connectivity index (χ4n) is 3.47. The maximum atomic E-state index is 12.5. The first kappa shape index (κ1) is 17.4. The SMILES string of the molecule is Cc1ccc2oc(N3CCN(C(=O)CCc4ccccc4N)CC3)nc2c1. The molecule has 1 aliphatic rings. The van der Waals surface area contributed by atoms with Gasteiger partial charge in [-0.1, -0.05) is 24.3 Å². The number of para-hydroxylation sites is 1. The zero-order valence-corrected chi connectivity index (χ0v) is 15.5. The average molecular weight is 364 g/mol. The Hall–Kier alpha value is -3.02. The van der Waals surface area contributed by atoms with Crippen LogP contribution >= 0.6 is 0 Å². The molecule has 1 amide bonds. The van der Waals surface area contributed by atoms with Gasteiger partial charge in [0.05, 0.1) is 0 Å². The summed E-state index contributed by atoms with van der Waals surface area (Å²) in [6.07, 6.45) is 1.16. The molecule has 0 bridgehead atoms. The summed E-state index contributed by atoms with van der Waals surface area (Å²) in [4.78, 5) is 21.2. The number of benzene rings is 2. The van der Waals surface area contributed by atoms with Crippen LogP contribution in [0.4, 0.5) is 11.7 Å². The van der Waals surface area contributed by atoms with Gasteiger partial charge >= 0.3 is 0 Å². The summed E-state index contributed by atoms with van der Waals surface area (Å²) in [6.45, 7) is 4.86. The number of rotatable bonds is 4. The number of anilines is 2. The van der Waals surface area contributed by atoms with Crippen LogP contribution < -0.4 is 10.6 Å². The third-order valence-corrected chi connectivity index (χ3v) is 5.10. The van der Waals surface area contributed by atoms with E-state index in [-0.39, 0.29) is 5.91 Å². The first-order valence-electron chi connectivity index (χ1n) is 9.33. The van der Waals surface area contributed by atoms with Gasteiger partial charge in [-0.15, -0.1) is 0 Å². The molecule has 0 radical (unpaired) electrons. The summed E-state index contributed by atoms with van der Waals surface area (Å²) in [5, 5.41) is 0. The minimum Gasteiger partial charge on any atom is -0.423 e. The normalized spacial score (nSPS) is 14.7. The Kier molecular flexibility index (Phi) is 4.71. The van der Waals surface area contributed by atoms with E-state index in [1.165, 1.54) is 0 Å². The van der Waals surface area contributed by atoms with E-state index in [1.807, 2.05) is 54.3 Å². The van der Waals surface area contributed by atoms with Gasteiger partial charge in [0.2, 0.25) is 5.91 Å². The summed E-state index contributed by atoms with van der Waals surface area (Å²) in [5.74, 6) is 0.172. The van der Waals surface area contributed by atoms with Gasteiger partial charge in [0, 0.05) is 38.3 Å². The fraction of sp³-hybridized carbons (Fsp3) is 0.333. The van der Waals surface area contributed by atoms with Crippen LogP contribution in [0.3, 0.4) is 0 Å². The molecule has 1 aromatic heterocycles. The fourth-order valence-corrected chi connectivity index (χ4v) is 3.47. The minimum absolute atomic E-state index is 0.172. The Labute approximate surface area is 158 Å². The van der Waals surface area contributed by atoms with Gasteiger partial charge in [0.15, 0.2) is 5.58 Å². The van der Waals surface area contributed by atoms with E-state index in [2.05, 4.69) is 9.88 Å². The number of hydrogen-bond donors (Lipinski definition) is 1. The molecule has 0 saturated carbocycles. The number of fused-ring (bicyclic) bond motifs is 1. The van der Waals surface area contributed by atoms with E-state index in [9.17, 15) is 4.79 Å². The minimum atomic E-state index is 0.172. The molecular weight excluding hydrogens is 340 g/mol. The van der Waals surface area contributed by atoms with Crippen LogP contribution in [-0.2, 0) is 11.2 Å². The number of oxazole rings is 1. The van der Waals surface area contributed by atoms with Crippen molar-refractivity contribution in [2.24, 2.45) is 0 Å². The monoisotopic (exact) mass is 364 g/mol. The van der Waals surface area contributed by atoms with E-state index in [0.717, 1.165) is 41.0 Å². The molecule has 0 atom stereocenters. The van der Waals surface area contributed by atoms with E-state index >= 15 is 0 Å². The lowest BCUT2D eigenvalue weighted by molar-refractivity contribution is -0.131. The number of carbonyl (C=O) groups is 1. The van der Waals surface area contributed by atoms with Crippen molar-refractivity contribution in [3.05, 3.63) is 53.6 Å². The number of nitrogens with two attached hydrogens (primary N) is 1. The van der Waals surface area contributed by atoms with Gasteiger partial charge in [0.25, 0.3) is 6.01 Å². The predicted molar refractivity (Wildman–Crippen MR) is 107 cm³/mol. The van der Waals surface area contributed by atoms with E-state index in [0.29, 0.717) is 31.9 Å². The number of aryl methyl sites for hydroxylation is 2. The number of carbonyl (C=O) groups excluding carboxylic acids is 1. The number of piperazine rings is 1. The van der Waals surface area contributed by atoms with Crippen LogP contribution in [0.25, 0.3) is 11.1 Å². The van der Waals surface area contributed by atoms with Gasteiger partial charge in [-0.2, -0.15) is 4.98 Å². The van der Waals surface area contributed by atoms with Crippen molar-refractivity contribution in [3.63, 3.8) is 0 Å². The van der Waals surface area contributed by atoms with Crippen LogP contribution in [-0.4, -0.2) is 42.0 Å². The molecule has 0 unspecified atom stereocenters. The quantitative estimate of drug-likeness (QED) is 0.720. The lowest BCUT2D eigenvalue weighted by Crippen LogP contribution is -2.49. The largest absolute Gasteiger partial charge is 0.423 e. The average Bonchev–Trinajstić information content (AvgIpc) is 3.10. The Morgan fingerprint density at radius 3 is 2.70 bits per heavy atom. The number of amides is 1. The Morgan fingerprint density at radius 1 is 1.15 bits per heavy atom. The summed E-state index contributed by atoms with van der Waals surface area (Å²) in [5.41, 5.74) is 10.6. The first-order valence-corrected chi connectivity index (χ1v) is 9.33. The van der Waals surface area contributed by atoms with Crippen LogP contribution in [0.2, 0.25) is 0 Å². The first-order chi connectivity index (χ1) is 13.1. The molecule has 2 N–H and O–H groups in total. The Bertz CT molecular complexity index is 958. The molecule has 1 aliphatic heterocycles. The van der Waals surface area contributed by atoms with Crippen molar-refractivity contribution in [1.82, 2.24) is 9.88 Å². The molecule has 27 heavy (non-hydrogen) atoms. The molecule has 140 valence electrons. The number of hydrogen-bond acceptors (Lipinski definition) is 5. The zero-order chi connectivity index (χ0) is 18.8. The topological polar surface area (TPSA) is 75.6 Å². The highest BCUT2D eigenvalue weighted by Crippen LogP contribution is 2.24. The van der Waals surface area contributed by atoms with Gasteiger partial charge in [-0.05, 0) is 42.7 Å². The summed E-state index contributed by atoms with van der Waals surface area (Å²) < 4.78 is 5.87. The molecule has 3 aromatic rings. The van der Waals surface area contributed by atoms with E-state index in [1.54, 1.807) is 0 Å². The van der Waals surface area contributed by atoms with Gasteiger partial charge in [-0.3, -0.25) is 4.79 Å². The van der Waals surface area contributed by atoms with Gasteiger partial charge in [-0.25, -0.2) is 0 Å². The van der Waals surface area contributed by atoms with Crippen molar-refractivity contribution in [1.29, 1.82) is 0 Å². The Morgan fingerprint density at radius 2 is 1.93 bits per heavy atom. The highest BCUT2D eigenvalue weighted by Gasteiger charge is 2.24. The molecular formula is C21H24N4O2. The third-order valence-electron chi connectivity index (χ3n) is 5.10. The van der Waals surface area contributed by atoms with Crippen molar-refractivity contribution in [2.45, 2.75) is 19.8 Å². The second kappa shape index (κ2) is 7.31. The highest BCUT2D eigenvalue weighted by molar-refractivity contribution is 5.77. The van der Waals surface area contributed by atoms with E-state index < -0.39 is 0 Å². The lowest BCUT2D eigenvalue weighted by Gasteiger charge is -2.33. The molecule has 1 saturated heterocycles. The van der Waals surface area contributed by atoms with Gasteiger partial charge < -0.3 is 20.0 Å². The molecule has 6 heteroatoms. The third kappa shape index (κ3) is 3.74. The smallest absolute Gasteiger partial charge is 0.298 e. The lowest BCUT2D eigenvalue weighted by atomic mass is 10.1. The van der Waals surface area contributed by atoms with Crippen LogP contribution in [0.5, 0.6) is 0 Å². The Balaban J connectivity index is 1.34.